The van der Waals surface area contributed by atoms with Gasteiger partial charge >= 0.3 is 0 Å². The topological polar surface area (TPSA) is 130 Å². The molecule has 3 aromatic rings. The molecule has 3 rings (SSSR count). The minimum absolute atomic E-state index is 0.0382. The maximum absolute atomic E-state index is 14.0. The summed E-state index contributed by atoms with van der Waals surface area (Å²) in [6.07, 6.45) is 0.789. The summed E-state index contributed by atoms with van der Waals surface area (Å²) in [6, 6.07) is 21.3. The molecular weight excluding hydrogens is 544 g/mol. The van der Waals surface area contributed by atoms with Crippen molar-refractivity contribution in [1.82, 2.24) is 10.2 Å². The van der Waals surface area contributed by atoms with Gasteiger partial charge in [0.05, 0.1) is 15.5 Å². The maximum atomic E-state index is 14.0. The molecule has 3 aromatic carbocycles. The van der Waals surface area contributed by atoms with Gasteiger partial charge in [0.15, 0.2) is 0 Å². The zero-order valence-corrected chi connectivity index (χ0v) is 24.3. The van der Waals surface area contributed by atoms with E-state index in [9.17, 15) is 28.1 Å². The molecule has 0 saturated heterocycles. The Morgan fingerprint density at radius 1 is 0.927 bits per heavy atom. The number of amides is 2. The Bertz CT molecular complexity index is 1410. The van der Waals surface area contributed by atoms with Crippen LogP contribution in [-0.4, -0.2) is 55.7 Å². The summed E-state index contributed by atoms with van der Waals surface area (Å²) in [5.74, 6) is -0.667. The second-order valence-electron chi connectivity index (χ2n) is 9.98. The molecule has 218 valence electrons. The first-order valence-corrected chi connectivity index (χ1v) is 14.9. The van der Waals surface area contributed by atoms with Gasteiger partial charge in [-0.1, -0.05) is 69.3 Å². The third-order valence-corrected chi connectivity index (χ3v) is 8.30. The number of benzene rings is 3. The van der Waals surface area contributed by atoms with Crippen molar-refractivity contribution in [2.75, 3.05) is 23.9 Å². The number of carbonyl (C=O) groups is 2. The summed E-state index contributed by atoms with van der Waals surface area (Å²) in [6.45, 7) is 5.77. The van der Waals surface area contributed by atoms with E-state index in [1.165, 1.54) is 41.3 Å². The van der Waals surface area contributed by atoms with Crippen molar-refractivity contribution in [2.45, 2.75) is 44.6 Å². The van der Waals surface area contributed by atoms with Crippen LogP contribution in [-0.2, 0) is 26.0 Å². The minimum atomic E-state index is -4.24. The molecule has 11 heteroatoms. The van der Waals surface area contributed by atoms with Crippen molar-refractivity contribution in [3.63, 3.8) is 0 Å². The Kier molecular flexibility index (Phi) is 11.0. The van der Waals surface area contributed by atoms with Gasteiger partial charge in [0, 0.05) is 25.2 Å². The molecule has 0 bridgehead atoms. The van der Waals surface area contributed by atoms with E-state index < -0.39 is 33.4 Å². The Morgan fingerprint density at radius 3 is 2.05 bits per heavy atom. The van der Waals surface area contributed by atoms with Gasteiger partial charge < -0.3 is 10.2 Å². The van der Waals surface area contributed by atoms with E-state index in [2.05, 4.69) is 5.32 Å². The Labute approximate surface area is 241 Å². The number of sulfonamides is 1. The summed E-state index contributed by atoms with van der Waals surface area (Å²) in [5, 5.41) is 14.1. The van der Waals surface area contributed by atoms with Crippen LogP contribution >= 0.6 is 0 Å². The molecule has 0 aliphatic heterocycles. The first kappa shape index (κ1) is 31.3. The van der Waals surface area contributed by atoms with Crippen LogP contribution in [0.5, 0.6) is 0 Å². The Morgan fingerprint density at radius 2 is 1.51 bits per heavy atom. The van der Waals surface area contributed by atoms with Gasteiger partial charge in [-0.05, 0) is 48.6 Å². The first-order chi connectivity index (χ1) is 19.5. The fourth-order valence-electron chi connectivity index (χ4n) is 4.31. The second-order valence-corrected chi connectivity index (χ2v) is 11.8. The zero-order valence-electron chi connectivity index (χ0n) is 23.5. The molecule has 0 aliphatic rings. The number of anilines is 1. The van der Waals surface area contributed by atoms with Crippen molar-refractivity contribution in [1.29, 1.82) is 0 Å². The highest BCUT2D eigenvalue weighted by atomic mass is 32.2. The summed E-state index contributed by atoms with van der Waals surface area (Å²) in [7, 11) is -4.24. The normalized spacial score (nSPS) is 12.0. The number of nitro benzene ring substituents is 1. The van der Waals surface area contributed by atoms with Crippen molar-refractivity contribution >= 4 is 33.2 Å². The predicted octanol–water partition coefficient (Wildman–Crippen LogP) is 4.41. The minimum Gasteiger partial charge on any atom is -0.354 e. The number of nitro groups is 1. The lowest BCUT2D eigenvalue weighted by Gasteiger charge is -2.33. The van der Waals surface area contributed by atoms with Crippen LogP contribution in [0.25, 0.3) is 0 Å². The molecule has 0 unspecified atom stereocenters. The quantitative estimate of drug-likeness (QED) is 0.222. The third-order valence-electron chi connectivity index (χ3n) is 6.51. The van der Waals surface area contributed by atoms with Crippen LogP contribution in [0.15, 0.2) is 89.8 Å². The van der Waals surface area contributed by atoms with Crippen LogP contribution in [0.2, 0.25) is 0 Å². The molecule has 2 amide bonds. The van der Waals surface area contributed by atoms with E-state index in [1.807, 2.05) is 44.2 Å². The molecule has 0 heterocycles. The third kappa shape index (κ3) is 8.37. The molecular formula is C30H36N4O6S. The summed E-state index contributed by atoms with van der Waals surface area (Å²) in [5.41, 5.74) is 0.842. The Balaban J connectivity index is 2.00. The second kappa shape index (κ2) is 14.4. The maximum Gasteiger partial charge on any atom is 0.269 e. The number of nitrogens with zero attached hydrogens (tertiary/aromatic N) is 3. The van der Waals surface area contributed by atoms with Gasteiger partial charge in [-0.15, -0.1) is 0 Å². The standard InChI is InChI=1S/C30H36N4O6S/c1-4-28(30(36)31-21-23(2)3)32(20-19-24-11-7-5-8-12-24)29(35)22-33(25-15-17-26(18-16-25)34(37)38)41(39,40)27-13-9-6-10-14-27/h5-18,23,28H,4,19-22H2,1-3H3,(H,31,36)/t28-/m0/s1. The van der Waals surface area contributed by atoms with Crippen molar-refractivity contribution in [2.24, 2.45) is 5.92 Å². The zero-order chi connectivity index (χ0) is 30.0. The Hall–Kier alpha value is -4.25. The summed E-state index contributed by atoms with van der Waals surface area (Å²) < 4.78 is 28.5. The van der Waals surface area contributed by atoms with E-state index in [1.54, 1.807) is 25.1 Å². The number of carbonyl (C=O) groups excluding carboxylic acids is 2. The SMILES string of the molecule is CC[C@@H](C(=O)NCC(C)C)N(CCc1ccccc1)C(=O)CN(c1ccc([N+](=O)[O-])cc1)S(=O)(=O)c1ccccc1. The lowest BCUT2D eigenvalue weighted by Crippen LogP contribution is -2.53. The number of nitrogens with one attached hydrogen (secondary N) is 1. The summed E-state index contributed by atoms with van der Waals surface area (Å²) in [4.78, 5) is 39.2. The molecule has 1 atom stereocenters. The smallest absolute Gasteiger partial charge is 0.269 e. The van der Waals surface area contributed by atoms with Crippen LogP contribution in [0.1, 0.15) is 32.8 Å². The number of hydrogen-bond donors (Lipinski definition) is 1. The number of non-ortho nitro benzene ring substituents is 1. The molecule has 0 fully saturated rings. The van der Waals surface area contributed by atoms with Crippen molar-refractivity contribution < 1.29 is 22.9 Å². The van der Waals surface area contributed by atoms with E-state index in [0.717, 1.165) is 9.87 Å². The highest BCUT2D eigenvalue weighted by Gasteiger charge is 2.33. The average Bonchev–Trinajstić information content (AvgIpc) is 2.97. The predicted molar refractivity (Wildman–Crippen MR) is 158 cm³/mol. The van der Waals surface area contributed by atoms with Crippen LogP contribution < -0.4 is 9.62 Å². The van der Waals surface area contributed by atoms with E-state index in [-0.39, 0.29) is 34.6 Å². The summed E-state index contributed by atoms with van der Waals surface area (Å²) >= 11 is 0. The molecule has 1 N–H and O–H groups in total. The molecule has 0 aliphatic carbocycles. The van der Waals surface area contributed by atoms with Crippen molar-refractivity contribution in [3.05, 3.63) is 101 Å². The van der Waals surface area contributed by atoms with Gasteiger partial charge in [-0.25, -0.2) is 8.42 Å². The van der Waals surface area contributed by atoms with Gasteiger partial charge in [-0.2, -0.15) is 0 Å². The lowest BCUT2D eigenvalue weighted by molar-refractivity contribution is -0.384. The fourth-order valence-corrected chi connectivity index (χ4v) is 5.74. The largest absolute Gasteiger partial charge is 0.354 e. The number of rotatable bonds is 14. The van der Waals surface area contributed by atoms with E-state index >= 15 is 0 Å². The molecule has 41 heavy (non-hydrogen) atoms. The van der Waals surface area contributed by atoms with Gasteiger partial charge in [0.2, 0.25) is 11.8 Å². The number of hydrogen-bond acceptors (Lipinski definition) is 6. The first-order valence-electron chi connectivity index (χ1n) is 13.5. The van der Waals surface area contributed by atoms with Gasteiger partial charge in [-0.3, -0.25) is 24.0 Å². The van der Waals surface area contributed by atoms with Crippen LogP contribution in [0, 0.1) is 16.0 Å². The fraction of sp³-hybridized carbons (Fsp3) is 0.333. The lowest BCUT2D eigenvalue weighted by atomic mass is 10.1. The average molecular weight is 581 g/mol. The van der Waals surface area contributed by atoms with Crippen LogP contribution in [0.3, 0.4) is 0 Å². The van der Waals surface area contributed by atoms with E-state index in [4.69, 9.17) is 0 Å². The van der Waals surface area contributed by atoms with Gasteiger partial charge in [0.25, 0.3) is 15.7 Å². The van der Waals surface area contributed by atoms with Crippen molar-refractivity contribution in [3.8, 4) is 0 Å². The van der Waals surface area contributed by atoms with Gasteiger partial charge in [0.1, 0.15) is 12.6 Å². The highest BCUT2D eigenvalue weighted by Crippen LogP contribution is 2.26. The van der Waals surface area contributed by atoms with E-state index in [0.29, 0.717) is 19.4 Å². The monoisotopic (exact) mass is 580 g/mol. The molecule has 0 spiro atoms. The van der Waals surface area contributed by atoms with Crippen LogP contribution in [0.4, 0.5) is 11.4 Å². The molecule has 0 radical (unpaired) electrons. The molecule has 10 nitrogen and oxygen atoms in total. The molecule has 0 saturated carbocycles. The highest BCUT2D eigenvalue weighted by molar-refractivity contribution is 7.92. The molecule has 0 aromatic heterocycles.